The van der Waals surface area contributed by atoms with Gasteiger partial charge in [-0.25, -0.2) is 4.98 Å². The zero-order valence-electron chi connectivity index (χ0n) is 20.4. The van der Waals surface area contributed by atoms with Crippen LogP contribution in [0.1, 0.15) is 24.5 Å². The fraction of sp³-hybridized carbons (Fsp3) is 0.310. The Morgan fingerprint density at radius 2 is 2.03 bits per heavy atom. The molecule has 2 N–H and O–H groups in total. The Morgan fingerprint density at radius 1 is 1.17 bits per heavy atom. The van der Waals surface area contributed by atoms with Gasteiger partial charge in [-0.05, 0) is 66.8 Å². The van der Waals surface area contributed by atoms with Gasteiger partial charge in [-0.2, -0.15) is 5.26 Å². The first-order valence-electron chi connectivity index (χ1n) is 12.6. The van der Waals surface area contributed by atoms with Crippen LogP contribution in [-0.2, 0) is 6.54 Å². The van der Waals surface area contributed by atoms with Gasteiger partial charge in [0.05, 0.1) is 29.6 Å². The van der Waals surface area contributed by atoms with E-state index in [1.807, 2.05) is 43.6 Å². The molecular formula is C29H30N6O. The normalized spacial score (nSPS) is 17.1. The van der Waals surface area contributed by atoms with E-state index in [1.54, 1.807) is 0 Å². The van der Waals surface area contributed by atoms with Crippen molar-refractivity contribution in [1.29, 1.82) is 5.26 Å². The van der Waals surface area contributed by atoms with E-state index < -0.39 is 0 Å². The number of imidazole rings is 1. The number of rotatable bonds is 6. The molecule has 6 rings (SSSR count). The second kappa shape index (κ2) is 9.30. The molecule has 1 unspecified atom stereocenters. The van der Waals surface area contributed by atoms with Gasteiger partial charge in [0.25, 0.3) is 0 Å². The van der Waals surface area contributed by atoms with E-state index in [1.165, 1.54) is 16.9 Å². The molecule has 0 spiro atoms. The van der Waals surface area contributed by atoms with Crippen LogP contribution >= 0.6 is 0 Å². The van der Waals surface area contributed by atoms with E-state index in [2.05, 4.69) is 55.9 Å². The van der Waals surface area contributed by atoms with Crippen LogP contribution in [0.2, 0.25) is 0 Å². The summed E-state index contributed by atoms with van der Waals surface area (Å²) in [7, 11) is 0. The molecule has 1 saturated heterocycles. The predicted molar refractivity (Wildman–Crippen MR) is 141 cm³/mol. The maximum atomic E-state index is 9.29. The van der Waals surface area contributed by atoms with Crippen molar-refractivity contribution >= 4 is 5.69 Å². The summed E-state index contributed by atoms with van der Waals surface area (Å²) in [5.41, 5.74) is 7.66. The molecule has 0 aliphatic carbocycles. The summed E-state index contributed by atoms with van der Waals surface area (Å²) in [5.74, 6) is 1.52. The molecule has 7 heteroatoms. The van der Waals surface area contributed by atoms with Gasteiger partial charge in [0.15, 0.2) is 5.82 Å². The third-order valence-electron chi connectivity index (χ3n) is 7.46. The van der Waals surface area contributed by atoms with Crippen LogP contribution in [0.5, 0.6) is 0 Å². The smallest absolute Gasteiger partial charge is 0.161 e. The topological polar surface area (TPSA) is 82.0 Å². The number of nitrogens with zero attached hydrogens (tertiary/aromatic N) is 5. The van der Waals surface area contributed by atoms with Crippen molar-refractivity contribution in [3.8, 4) is 34.4 Å². The van der Waals surface area contributed by atoms with Gasteiger partial charge in [-0.3, -0.25) is 4.57 Å². The maximum absolute atomic E-state index is 9.29. The first-order valence-corrected chi connectivity index (χ1v) is 12.6. The lowest BCUT2D eigenvalue weighted by atomic mass is 10.1. The zero-order valence-corrected chi connectivity index (χ0v) is 20.4. The van der Waals surface area contributed by atoms with Crippen LogP contribution in [0.4, 0.5) is 5.69 Å². The Kier molecular flexibility index (Phi) is 5.84. The monoisotopic (exact) mass is 478 g/mol. The highest BCUT2D eigenvalue weighted by Crippen LogP contribution is 2.36. The zero-order chi connectivity index (χ0) is 24.6. The summed E-state index contributed by atoms with van der Waals surface area (Å²) < 4.78 is 4.47. The molecule has 0 saturated carbocycles. The van der Waals surface area contributed by atoms with Crippen LogP contribution < -0.4 is 10.2 Å². The van der Waals surface area contributed by atoms with Crippen molar-refractivity contribution in [3.63, 3.8) is 0 Å². The predicted octanol–water partition coefficient (Wildman–Crippen LogP) is 4.04. The number of fused-ring (bicyclic) bond motifs is 5. The number of nitrogens with one attached hydrogen (secondary N) is 1. The summed E-state index contributed by atoms with van der Waals surface area (Å²) in [6.07, 6.45) is 7.25. The fourth-order valence-electron chi connectivity index (χ4n) is 5.39. The molecule has 4 heterocycles. The highest BCUT2D eigenvalue weighted by atomic mass is 16.3. The maximum Gasteiger partial charge on any atom is 0.161 e. The van der Waals surface area contributed by atoms with E-state index in [0.717, 1.165) is 55.2 Å². The molecular weight excluding hydrogens is 448 g/mol. The molecule has 2 aliphatic rings. The molecule has 36 heavy (non-hydrogen) atoms. The third-order valence-corrected chi connectivity index (χ3v) is 7.46. The quantitative estimate of drug-likeness (QED) is 0.385. The molecule has 0 amide bonds. The minimum absolute atomic E-state index is 0.140. The Bertz CT molecular complexity index is 1430. The summed E-state index contributed by atoms with van der Waals surface area (Å²) in [6, 6.07) is 19.1. The molecule has 2 aliphatic heterocycles. The number of aromatic nitrogens is 3. The second-order valence-electron chi connectivity index (χ2n) is 9.96. The van der Waals surface area contributed by atoms with Gasteiger partial charge < -0.3 is 19.9 Å². The van der Waals surface area contributed by atoms with Crippen molar-refractivity contribution in [2.45, 2.75) is 25.9 Å². The number of anilines is 1. The van der Waals surface area contributed by atoms with Gasteiger partial charge in [-0.1, -0.05) is 12.1 Å². The number of aliphatic hydroxyl groups is 1. The van der Waals surface area contributed by atoms with Crippen molar-refractivity contribution in [2.24, 2.45) is 5.92 Å². The molecule has 2 aromatic carbocycles. The van der Waals surface area contributed by atoms with E-state index >= 15 is 0 Å². The van der Waals surface area contributed by atoms with Crippen LogP contribution in [0.25, 0.3) is 28.3 Å². The summed E-state index contributed by atoms with van der Waals surface area (Å²) in [5, 5.41) is 21.9. The summed E-state index contributed by atoms with van der Waals surface area (Å²) in [4.78, 5) is 7.19. The van der Waals surface area contributed by atoms with Gasteiger partial charge >= 0.3 is 0 Å². The number of benzene rings is 2. The van der Waals surface area contributed by atoms with Crippen molar-refractivity contribution in [3.05, 3.63) is 78.2 Å². The summed E-state index contributed by atoms with van der Waals surface area (Å²) >= 11 is 0. The first kappa shape index (κ1) is 22.6. The first-order chi connectivity index (χ1) is 17.6. The van der Waals surface area contributed by atoms with Crippen molar-refractivity contribution in [1.82, 2.24) is 19.4 Å². The lowest BCUT2D eigenvalue weighted by molar-refractivity contribution is 0.247. The Hall–Kier alpha value is -3.86. The second-order valence-corrected chi connectivity index (χ2v) is 9.96. The van der Waals surface area contributed by atoms with Gasteiger partial charge in [-0.15, -0.1) is 0 Å². The average Bonchev–Trinajstić information content (AvgIpc) is 3.66. The van der Waals surface area contributed by atoms with E-state index in [0.29, 0.717) is 11.5 Å². The van der Waals surface area contributed by atoms with E-state index in [-0.39, 0.29) is 12.6 Å². The minimum Gasteiger partial charge on any atom is -0.395 e. The molecule has 1 fully saturated rings. The Morgan fingerprint density at radius 3 is 2.83 bits per heavy atom. The van der Waals surface area contributed by atoms with Crippen molar-refractivity contribution in [2.75, 3.05) is 31.1 Å². The number of nitriles is 1. The SMILES string of the molecule is C[C@H](CO)NCC1CCN(c2ccc3c(c2)Cn2cc(-c4ccc(C#N)cc4)cc2-c2nccn2-3)C1. The van der Waals surface area contributed by atoms with Crippen molar-refractivity contribution < 1.29 is 5.11 Å². The van der Waals surface area contributed by atoms with Crippen LogP contribution in [0, 0.1) is 17.2 Å². The lowest BCUT2D eigenvalue weighted by Gasteiger charge is -2.21. The Balaban J connectivity index is 1.30. The Labute approximate surface area is 211 Å². The molecule has 2 aromatic heterocycles. The summed E-state index contributed by atoms with van der Waals surface area (Å²) in [6.45, 7) is 5.97. The molecule has 2 atom stereocenters. The molecule has 7 nitrogen and oxygen atoms in total. The fourth-order valence-corrected chi connectivity index (χ4v) is 5.39. The van der Waals surface area contributed by atoms with Crippen LogP contribution in [-0.4, -0.2) is 51.5 Å². The molecule has 0 radical (unpaired) electrons. The number of hydrogen-bond acceptors (Lipinski definition) is 5. The van der Waals surface area contributed by atoms with Gasteiger partial charge in [0.2, 0.25) is 0 Å². The van der Waals surface area contributed by atoms with Crippen LogP contribution in [0.3, 0.4) is 0 Å². The van der Waals surface area contributed by atoms with Gasteiger partial charge in [0.1, 0.15) is 0 Å². The average molecular weight is 479 g/mol. The molecule has 0 bridgehead atoms. The number of hydrogen-bond donors (Lipinski definition) is 2. The largest absolute Gasteiger partial charge is 0.395 e. The molecule has 4 aromatic rings. The highest BCUT2D eigenvalue weighted by molar-refractivity contribution is 5.72. The standard InChI is InChI=1S/C29H30N6O/c1-20(19-36)32-15-22-8-10-33(16-22)26-6-7-27-25(12-26)18-34-17-24(23-4-2-21(14-30)3-5-23)13-28(34)29-31-9-11-35(27)29/h2-7,9,11-13,17,20,22,32,36H,8,10,15-16,18-19H2,1H3/t20-,22?/m1/s1. The lowest BCUT2D eigenvalue weighted by Crippen LogP contribution is -2.34. The third kappa shape index (κ3) is 4.09. The number of aliphatic hydroxyl groups excluding tert-OH is 1. The molecule has 182 valence electrons. The minimum atomic E-state index is 0.140. The highest BCUT2D eigenvalue weighted by Gasteiger charge is 2.25. The van der Waals surface area contributed by atoms with E-state index in [4.69, 9.17) is 10.2 Å². The van der Waals surface area contributed by atoms with E-state index in [9.17, 15) is 5.11 Å². The van der Waals surface area contributed by atoms with Gasteiger partial charge in [0, 0.05) is 62.1 Å². The van der Waals surface area contributed by atoms with Crippen LogP contribution in [0.15, 0.2) is 67.1 Å².